The standard InChI is InChI=1S/C11H21NO3/c1-11(2,3)9(8-13)6-4-5-7-15-10(12)14/h8-9H,4-7H2,1-3H3,(H2,12,14). The number of rotatable bonds is 6. The van der Waals surface area contributed by atoms with Gasteiger partial charge in [0.2, 0.25) is 0 Å². The molecule has 0 aliphatic heterocycles. The summed E-state index contributed by atoms with van der Waals surface area (Å²) in [6.07, 6.45) is 2.72. The fourth-order valence-electron chi connectivity index (χ4n) is 1.34. The van der Waals surface area contributed by atoms with E-state index in [0.29, 0.717) is 6.61 Å². The maximum atomic E-state index is 10.8. The first-order valence-corrected chi connectivity index (χ1v) is 5.25. The van der Waals surface area contributed by atoms with Gasteiger partial charge in [0, 0.05) is 5.92 Å². The number of ether oxygens (including phenoxy) is 1. The molecule has 0 aromatic rings. The quantitative estimate of drug-likeness (QED) is 0.545. The Bertz CT molecular complexity index is 208. The smallest absolute Gasteiger partial charge is 0.404 e. The summed E-state index contributed by atoms with van der Waals surface area (Å²) in [6.45, 7) is 6.48. The van der Waals surface area contributed by atoms with E-state index in [0.717, 1.165) is 25.5 Å². The zero-order chi connectivity index (χ0) is 11.9. The Morgan fingerprint density at radius 2 is 2.00 bits per heavy atom. The summed E-state index contributed by atoms with van der Waals surface area (Å²) in [5.74, 6) is 0.0612. The van der Waals surface area contributed by atoms with Crippen molar-refractivity contribution in [1.82, 2.24) is 0 Å². The SMILES string of the molecule is CC(C)(C)C(C=O)CCCCOC(N)=O. The monoisotopic (exact) mass is 215 g/mol. The van der Waals surface area contributed by atoms with Gasteiger partial charge in [0.05, 0.1) is 6.61 Å². The number of nitrogens with two attached hydrogens (primary N) is 1. The summed E-state index contributed by atoms with van der Waals surface area (Å²) in [5, 5.41) is 0. The highest BCUT2D eigenvalue weighted by atomic mass is 16.5. The molecule has 2 N–H and O–H groups in total. The highest BCUT2D eigenvalue weighted by Crippen LogP contribution is 2.28. The number of carbonyl (C=O) groups is 2. The molecule has 0 heterocycles. The van der Waals surface area contributed by atoms with Crippen LogP contribution in [-0.2, 0) is 9.53 Å². The molecule has 0 saturated heterocycles. The Morgan fingerprint density at radius 3 is 2.40 bits per heavy atom. The third-order valence-corrected chi connectivity index (χ3v) is 2.43. The van der Waals surface area contributed by atoms with Crippen molar-refractivity contribution in [2.75, 3.05) is 6.61 Å². The summed E-state index contributed by atoms with van der Waals surface area (Å²) in [5.41, 5.74) is 4.82. The van der Waals surface area contributed by atoms with Crippen LogP contribution in [0.4, 0.5) is 4.79 Å². The summed E-state index contributed by atoms with van der Waals surface area (Å²) < 4.78 is 4.59. The van der Waals surface area contributed by atoms with Gasteiger partial charge in [-0.15, -0.1) is 0 Å². The molecule has 0 aliphatic rings. The van der Waals surface area contributed by atoms with Gasteiger partial charge in [-0.1, -0.05) is 20.8 Å². The van der Waals surface area contributed by atoms with Crippen molar-refractivity contribution < 1.29 is 14.3 Å². The van der Waals surface area contributed by atoms with Gasteiger partial charge < -0.3 is 15.3 Å². The molecular weight excluding hydrogens is 194 g/mol. The minimum atomic E-state index is -0.738. The van der Waals surface area contributed by atoms with Gasteiger partial charge in [0.25, 0.3) is 0 Å². The molecule has 4 nitrogen and oxygen atoms in total. The van der Waals surface area contributed by atoms with Gasteiger partial charge in [-0.25, -0.2) is 4.79 Å². The van der Waals surface area contributed by atoms with Crippen LogP contribution < -0.4 is 5.73 Å². The van der Waals surface area contributed by atoms with E-state index in [4.69, 9.17) is 5.73 Å². The van der Waals surface area contributed by atoms with E-state index in [1.54, 1.807) is 0 Å². The van der Waals surface area contributed by atoms with E-state index in [-0.39, 0.29) is 11.3 Å². The molecule has 0 rings (SSSR count). The fraction of sp³-hybridized carbons (Fsp3) is 0.818. The zero-order valence-corrected chi connectivity index (χ0v) is 9.79. The van der Waals surface area contributed by atoms with Crippen LogP contribution in [0, 0.1) is 11.3 Å². The number of aldehydes is 1. The molecule has 0 bridgehead atoms. The third-order valence-electron chi connectivity index (χ3n) is 2.43. The van der Waals surface area contributed by atoms with E-state index in [9.17, 15) is 9.59 Å². The molecule has 1 amide bonds. The zero-order valence-electron chi connectivity index (χ0n) is 9.79. The van der Waals surface area contributed by atoms with Gasteiger partial charge in [-0.05, 0) is 24.7 Å². The third kappa shape index (κ3) is 6.94. The van der Waals surface area contributed by atoms with Crippen LogP contribution in [0.3, 0.4) is 0 Å². The number of hydrogen-bond acceptors (Lipinski definition) is 3. The van der Waals surface area contributed by atoms with Crippen LogP contribution in [-0.4, -0.2) is 19.0 Å². The van der Waals surface area contributed by atoms with Crippen molar-refractivity contribution in [3.05, 3.63) is 0 Å². The lowest BCUT2D eigenvalue weighted by atomic mass is 9.79. The predicted molar refractivity (Wildman–Crippen MR) is 58.4 cm³/mol. The van der Waals surface area contributed by atoms with E-state index in [1.807, 2.05) is 20.8 Å². The Labute approximate surface area is 91.2 Å². The Balaban J connectivity index is 3.65. The average Bonchev–Trinajstić information content (AvgIpc) is 2.08. The maximum Gasteiger partial charge on any atom is 0.404 e. The van der Waals surface area contributed by atoms with Crippen molar-refractivity contribution in [3.8, 4) is 0 Å². The summed E-state index contributed by atoms with van der Waals surface area (Å²) in [6, 6.07) is 0. The highest BCUT2D eigenvalue weighted by Gasteiger charge is 2.23. The highest BCUT2D eigenvalue weighted by molar-refractivity contribution is 5.64. The molecule has 0 spiro atoms. The lowest BCUT2D eigenvalue weighted by Gasteiger charge is -2.25. The van der Waals surface area contributed by atoms with E-state index >= 15 is 0 Å². The van der Waals surface area contributed by atoms with Crippen molar-refractivity contribution in [2.24, 2.45) is 17.1 Å². The van der Waals surface area contributed by atoms with Gasteiger partial charge in [0.1, 0.15) is 6.29 Å². The van der Waals surface area contributed by atoms with Crippen LogP contribution in [0.5, 0.6) is 0 Å². The lowest BCUT2D eigenvalue weighted by molar-refractivity contribution is -0.114. The van der Waals surface area contributed by atoms with Crippen LogP contribution in [0.15, 0.2) is 0 Å². The molecule has 0 radical (unpaired) electrons. The first-order chi connectivity index (χ1) is 6.88. The second kappa shape index (κ2) is 6.43. The number of amides is 1. The fourth-order valence-corrected chi connectivity index (χ4v) is 1.34. The predicted octanol–water partition coefficient (Wildman–Crippen LogP) is 2.11. The minimum Gasteiger partial charge on any atom is -0.450 e. The number of unbranched alkanes of at least 4 members (excludes halogenated alkanes) is 1. The average molecular weight is 215 g/mol. The van der Waals surface area contributed by atoms with Gasteiger partial charge in [0.15, 0.2) is 0 Å². The van der Waals surface area contributed by atoms with Gasteiger partial charge in [-0.2, -0.15) is 0 Å². The van der Waals surface area contributed by atoms with E-state index in [2.05, 4.69) is 4.74 Å². The van der Waals surface area contributed by atoms with Crippen molar-refractivity contribution in [3.63, 3.8) is 0 Å². The molecule has 0 fully saturated rings. The number of carbonyl (C=O) groups excluding carboxylic acids is 2. The van der Waals surface area contributed by atoms with Gasteiger partial charge in [-0.3, -0.25) is 0 Å². The van der Waals surface area contributed by atoms with E-state index < -0.39 is 6.09 Å². The minimum absolute atomic E-state index is 0.00624. The maximum absolute atomic E-state index is 10.8. The molecule has 0 aliphatic carbocycles. The molecule has 88 valence electrons. The van der Waals surface area contributed by atoms with Crippen molar-refractivity contribution >= 4 is 12.4 Å². The first kappa shape index (κ1) is 13.9. The topological polar surface area (TPSA) is 69.4 Å². The Kier molecular flexibility index (Phi) is 5.97. The normalized spacial score (nSPS) is 13.3. The van der Waals surface area contributed by atoms with Gasteiger partial charge >= 0.3 is 6.09 Å². The molecule has 0 aromatic heterocycles. The second-order valence-corrected chi connectivity index (χ2v) is 4.77. The van der Waals surface area contributed by atoms with Crippen molar-refractivity contribution in [1.29, 1.82) is 0 Å². The van der Waals surface area contributed by atoms with E-state index in [1.165, 1.54) is 0 Å². The second-order valence-electron chi connectivity index (χ2n) is 4.77. The lowest BCUT2D eigenvalue weighted by Crippen LogP contribution is -2.22. The van der Waals surface area contributed by atoms with Crippen LogP contribution in [0.25, 0.3) is 0 Å². The van der Waals surface area contributed by atoms with Crippen LogP contribution >= 0.6 is 0 Å². The number of hydrogen-bond donors (Lipinski definition) is 1. The summed E-state index contributed by atoms with van der Waals surface area (Å²) in [7, 11) is 0. The van der Waals surface area contributed by atoms with Crippen LogP contribution in [0.1, 0.15) is 40.0 Å². The molecule has 15 heavy (non-hydrogen) atoms. The molecule has 1 unspecified atom stereocenters. The molecule has 1 atom stereocenters. The molecular formula is C11H21NO3. The molecule has 0 saturated carbocycles. The largest absolute Gasteiger partial charge is 0.450 e. The first-order valence-electron chi connectivity index (χ1n) is 5.25. The summed E-state index contributed by atoms with van der Waals surface area (Å²) in [4.78, 5) is 21.1. The molecule has 0 aromatic carbocycles. The number of primary amides is 1. The van der Waals surface area contributed by atoms with Crippen molar-refractivity contribution in [2.45, 2.75) is 40.0 Å². The summed E-state index contributed by atoms with van der Waals surface area (Å²) >= 11 is 0. The van der Waals surface area contributed by atoms with Crippen LogP contribution in [0.2, 0.25) is 0 Å². The Hall–Kier alpha value is -1.06. The Morgan fingerprint density at radius 1 is 1.40 bits per heavy atom. The molecule has 4 heteroatoms.